The lowest BCUT2D eigenvalue weighted by atomic mass is 9.94. The standard InChI is InChI=1S/C32H34N2O4/c1-5-11-29-33-28(6-2)30(32(36)38-7-3)34(29)21-22-14-16-24(17-15-22)27-20-25(23-12-9-8-10-13-23)18-19-26(27)31(35)37-4/h8-10,12-20H,5-7,11,21H2,1-4H3. The largest absolute Gasteiger partial charge is 0.465 e. The van der Waals surface area contributed by atoms with Gasteiger partial charge in [-0.25, -0.2) is 14.6 Å². The third-order valence-electron chi connectivity index (χ3n) is 6.53. The molecule has 0 amide bonds. The Morgan fingerprint density at radius 2 is 1.55 bits per heavy atom. The first-order chi connectivity index (χ1) is 18.5. The summed E-state index contributed by atoms with van der Waals surface area (Å²) in [5, 5.41) is 0. The van der Waals surface area contributed by atoms with Crippen molar-refractivity contribution in [2.24, 2.45) is 0 Å². The number of benzene rings is 3. The highest BCUT2D eigenvalue weighted by molar-refractivity contribution is 5.98. The zero-order valence-corrected chi connectivity index (χ0v) is 22.5. The van der Waals surface area contributed by atoms with Crippen molar-refractivity contribution in [3.05, 3.63) is 101 Å². The van der Waals surface area contributed by atoms with Crippen LogP contribution in [0.25, 0.3) is 22.3 Å². The van der Waals surface area contributed by atoms with E-state index >= 15 is 0 Å². The lowest BCUT2D eigenvalue weighted by molar-refractivity contribution is 0.0511. The number of nitrogens with zero attached hydrogens (tertiary/aromatic N) is 2. The number of esters is 2. The molecule has 38 heavy (non-hydrogen) atoms. The quantitative estimate of drug-likeness (QED) is 0.221. The second-order valence-corrected chi connectivity index (χ2v) is 9.05. The Bertz CT molecular complexity index is 1410. The SMILES string of the molecule is CCCc1nc(CC)c(C(=O)OCC)n1Cc1ccc(-c2cc(-c3ccccc3)ccc2C(=O)OC)cc1. The Kier molecular flexibility index (Phi) is 8.74. The Balaban J connectivity index is 1.72. The molecule has 196 valence electrons. The number of rotatable bonds is 10. The van der Waals surface area contributed by atoms with Crippen LogP contribution in [0.2, 0.25) is 0 Å². The molecule has 1 heterocycles. The van der Waals surface area contributed by atoms with Gasteiger partial charge in [0.05, 0.1) is 25.0 Å². The monoisotopic (exact) mass is 510 g/mol. The van der Waals surface area contributed by atoms with Gasteiger partial charge in [-0.05, 0) is 59.7 Å². The van der Waals surface area contributed by atoms with Gasteiger partial charge in [0.15, 0.2) is 5.69 Å². The van der Waals surface area contributed by atoms with Gasteiger partial charge in [-0.1, -0.05) is 74.5 Å². The molecule has 0 radical (unpaired) electrons. The van der Waals surface area contributed by atoms with E-state index in [0.717, 1.165) is 52.2 Å². The van der Waals surface area contributed by atoms with E-state index in [1.807, 2.05) is 91.2 Å². The van der Waals surface area contributed by atoms with Crippen LogP contribution in [0.15, 0.2) is 72.8 Å². The molecule has 6 heteroatoms. The molecule has 0 spiro atoms. The fourth-order valence-electron chi connectivity index (χ4n) is 4.67. The van der Waals surface area contributed by atoms with E-state index in [2.05, 4.69) is 6.92 Å². The zero-order chi connectivity index (χ0) is 27.1. The lowest BCUT2D eigenvalue weighted by Gasteiger charge is -2.14. The van der Waals surface area contributed by atoms with Gasteiger partial charge >= 0.3 is 11.9 Å². The second-order valence-electron chi connectivity index (χ2n) is 9.05. The number of carbonyl (C=O) groups excluding carboxylic acids is 2. The summed E-state index contributed by atoms with van der Waals surface area (Å²) >= 11 is 0. The summed E-state index contributed by atoms with van der Waals surface area (Å²) in [4.78, 5) is 30.2. The minimum absolute atomic E-state index is 0.315. The van der Waals surface area contributed by atoms with Gasteiger partial charge in [-0.2, -0.15) is 0 Å². The highest BCUT2D eigenvalue weighted by Crippen LogP contribution is 2.31. The summed E-state index contributed by atoms with van der Waals surface area (Å²) in [6, 6.07) is 23.9. The molecule has 4 rings (SSSR count). The molecule has 0 saturated carbocycles. The van der Waals surface area contributed by atoms with Gasteiger partial charge in [0.1, 0.15) is 5.82 Å². The highest BCUT2D eigenvalue weighted by atomic mass is 16.5. The third-order valence-corrected chi connectivity index (χ3v) is 6.53. The topological polar surface area (TPSA) is 70.4 Å². The van der Waals surface area contributed by atoms with E-state index in [1.54, 1.807) is 0 Å². The summed E-state index contributed by atoms with van der Waals surface area (Å²) in [6.07, 6.45) is 2.36. The maximum Gasteiger partial charge on any atom is 0.356 e. The minimum Gasteiger partial charge on any atom is -0.465 e. The maximum absolute atomic E-state index is 12.8. The van der Waals surface area contributed by atoms with Crippen LogP contribution in [0.5, 0.6) is 0 Å². The number of aromatic nitrogens is 2. The van der Waals surface area contributed by atoms with Crippen molar-refractivity contribution in [1.29, 1.82) is 0 Å². The van der Waals surface area contributed by atoms with Crippen molar-refractivity contribution < 1.29 is 19.1 Å². The van der Waals surface area contributed by atoms with Gasteiger partial charge in [-0.3, -0.25) is 0 Å². The van der Waals surface area contributed by atoms with Crippen LogP contribution in [-0.2, 0) is 28.9 Å². The molecule has 0 aliphatic rings. The van der Waals surface area contributed by atoms with Gasteiger partial charge in [0.2, 0.25) is 0 Å². The fourth-order valence-corrected chi connectivity index (χ4v) is 4.67. The molecular formula is C32H34N2O4. The number of imidazole rings is 1. The molecule has 0 fully saturated rings. The molecular weight excluding hydrogens is 476 g/mol. The molecule has 0 aliphatic carbocycles. The molecule has 3 aromatic carbocycles. The Morgan fingerprint density at radius 1 is 0.842 bits per heavy atom. The third kappa shape index (κ3) is 5.70. The van der Waals surface area contributed by atoms with Crippen LogP contribution in [0.3, 0.4) is 0 Å². The molecule has 0 atom stereocenters. The average molecular weight is 511 g/mol. The number of hydrogen-bond acceptors (Lipinski definition) is 5. The van der Waals surface area contributed by atoms with Crippen LogP contribution >= 0.6 is 0 Å². The first-order valence-electron chi connectivity index (χ1n) is 13.1. The molecule has 0 N–H and O–H groups in total. The Hall–Kier alpha value is -4.19. The average Bonchev–Trinajstić information content (AvgIpc) is 3.30. The molecule has 0 unspecified atom stereocenters. The summed E-state index contributed by atoms with van der Waals surface area (Å²) in [5.74, 6) is 0.175. The van der Waals surface area contributed by atoms with Crippen molar-refractivity contribution in [3.8, 4) is 22.3 Å². The van der Waals surface area contributed by atoms with Crippen LogP contribution in [-0.4, -0.2) is 35.2 Å². The Morgan fingerprint density at radius 3 is 2.18 bits per heavy atom. The van der Waals surface area contributed by atoms with Gasteiger partial charge in [0.25, 0.3) is 0 Å². The number of methoxy groups -OCH3 is 1. The van der Waals surface area contributed by atoms with Crippen LogP contribution in [0, 0.1) is 0 Å². The van der Waals surface area contributed by atoms with E-state index in [1.165, 1.54) is 7.11 Å². The van der Waals surface area contributed by atoms with E-state index in [4.69, 9.17) is 14.5 Å². The second kappa shape index (κ2) is 12.4. The molecule has 0 aliphatic heterocycles. The number of aryl methyl sites for hydroxylation is 2. The summed E-state index contributed by atoms with van der Waals surface area (Å²) in [7, 11) is 1.39. The van der Waals surface area contributed by atoms with Crippen molar-refractivity contribution in [3.63, 3.8) is 0 Å². The van der Waals surface area contributed by atoms with E-state index < -0.39 is 0 Å². The molecule has 4 aromatic rings. The van der Waals surface area contributed by atoms with Crippen molar-refractivity contribution in [2.45, 2.75) is 46.6 Å². The van der Waals surface area contributed by atoms with Crippen molar-refractivity contribution in [1.82, 2.24) is 9.55 Å². The molecule has 0 saturated heterocycles. The molecule has 0 bridgehead atoms. The summed E-state index contributed by atoms with van der Waals surface area (Å²) in [6.45, 7) is 6.74. The maximum atomic E-state index is 12.8. The van der Waals surface area contributed by atoms with Crippen LogP contribution in [0.1, 0.15) is 65.1 Å². The molecule has 1 aromatic heterocycles. The van der Waals surface area contributed by atoms with E-state index in [0.29, 0.717) is 30.8 Å². The fraction of sp³-hybridized carbons (Fsp3) is 0.281. The number of hydrogen-bond donors (Lipinski definition) is 0. The zero-order valence-electron chi connectivity index (χ0n) is 22.5. The normalized spacial score (nSPS) is 10.8. The van der Waals surface area contributed by atoms with Gasteiger partial charge < -0.3 is 14.0 Å². The van der Waals surface area contributed by atoms with E-state index in [-0.39, 0.29) is 11.9 Å². The van der Waals surface area contributed by atoms with Crippen LogP contribution in [0.4, 0.5) is 0 Å². The lowest BCUT2D eigenvalue weighted by Crippen LogP contribution is -2.16. The smallest absolute Gasteiger partial charge is 0.356 e. The van der Waals surface area contributed by atoms with Crippen molar-refractivity contribution >= 4 is 11.9 Å². The van der Waals surface area contributed by atoms with E-state index in [9.17, 15) is 9.59 Å². The first-order valence-corrected chi connectivity index (χ1v) is 13.1. The summed E-state index contributed by atoms with van der Waals surface area (Å²) < 4.78 is 12.4. The predicted molar refractivity (Wildman–Crippen MR) is 149 cm³/mol. The highest BCUT2D eigenvalue weighted by Gasteiger charge is 2.23. The first kappa shape index (κ1) is 26.9. The minimum atomic E-state index is -0.377. The summed E-state index contributed by atoms with van der Waals surface area (Å²) in [5.41, 5.74) is 6.64. The Labute approximate surface area is 224 Å². The van der Waals surface area contributed by atoms with Crippen molar-refractivity contribution in [2.75, 3.05) is 13.7 Å². The van der Waals surface area contributed by atoms with Crippen LogP contribution < -0.4 is 0 Å². The predicted octanol–water partition coefficient (Wildman–Crippen LogP) is 6.74. The van der Waals surface area contributed by atoms with Gasteiger partial charge in [0, 0.05) is 13.0 Å². The molecule has 6 nitrogen and oxygen atoms in total. The number of carbonyl (C=O) groups is 2. The number of ether oxygens (including phenoxy) is 2. The van der Waals surface area contributed by atoms with Gasteiger partial charge in [-0.15, -0.1) is 0 Å².